The van der Waals surface area contributed by atoms with Gasteiger partial charge in [0, 0.05) is 12.3 Å². The fourth-order valence-corrected chi connectivity index (χ4v) is 5.27. The summed E-state index contributed by atoms with van der Waals surface area (Å²) in [6.07, 6.45) is -2.92. The van der Waals surface area contributed by atoms with Crippen molar-refractivity contribution in [3.05, 3.63) is 63.4 Å². The molecule has 0 saturated carbocycles. The second kappa shape index (κ2) is 11.3. The Morgan fingerprint density at radius 1 is 1.28 bits per heavy atom. The topological polar surface area (TPSA) is 158 Å². The first-order valence-corrected chi connectivity index (χ1v) is 13.1. The molecule has 1 aromatic carbocycles. The van der Waals surface area contributed by atoms with E-state index >= 15 is 0 Å². The van der Waals surface area contributed by atoms with Crippen molar-refractivity contribution >= 4 is 25.3 Å². The van der Waals surface area contributed by atoms with E-state index < -0.39 is 67.0 Å². The summed E-state index contributed by atoms with van der Waals surface area (Å²) < 4.78 is 36.7. The van der Waals surface area contributed by atoms with Crippen LogP contribution in [-0.2, 0) is 23.4 Å². The van der Waals surface area contributed by atoms with E-state index in [1.54, 1.807) is 44.2 Å². The highest BCUT2D eigenvalue weighted by Gasteiger charge is 2.54. The van der Waals surface area contributed by atoms with Crippen LogP contribution in [0.15, 0.2) is 52.2 Å². The van der Waals surface area contributed by atoms with E-state index in [4.69, 9.17) is 30.1 Å². The molecular formula is C22H29ClN3O9P. The van der Waals surface area contributed by atoms with Crippen LogP contribution in [0.4, 0.5) is 0 Å². The number of benzene rings is 1. The Kier molecular flexibility index (Phi) is 8.81. The number of para-hydroxylation sites is 1. The number of carbonyl (C=O) groups is 1. The summed E-state index contributed by atoms with van der Waals surface area (Å²) in [4.78, 5) is 36.5. The maximum Gasteiger partial charge on any atom is 0.459 e. The lowest BCUT2D eigenvalue weighted by atomic mass is 10.0. The normalized spacial score (nSPS) is 26.4. The van der Waals surface area contributed by atoms with Gasteiger partial charge in [-0.3, -0.25) is 23.7 Å². The third kappa shape index (κ3) is 6.64. The summed E-state index contributed by atoms with van der Waals surface area (Å²) in [6, 6.07) is 8.18. The first-order chi connectivity index (χ1) is 16.8. The molecular weight excluding hydrogens is 517 g/mol. The lowest BCUT2D eigenvalue weighted by Crippen LogP contribution is -2.43. The molecule has 0 amide bonds. The highest BCUT2D eigenvalue weighted by molar-refractivity contribution is 7.52. The van der Waals surface area contributed by atoms with E-state index in [1.807, 2.05) is 0 Å². The number of rotatable bonds is 10. The number of carbonyl (C=O) groups excluding carboxylic acids is 1. The number of H-pyrrole nitrogens is 1. The van der Waals surface area contributed by atoms with Gasteiger partial charge in [0.25, 0.3) is 5.56 Å². The standard InChI is InChI=1S/C22H29ClN3O9P/c1-13(2)33-19(29)14(3)25-36(31,35-15-8-6-5-7-9-15)32-12-16-18(28)22(4,23)20(34-16)26-11-10-17(27)24-21(26)30/h5-11,13-14,16,18,20,28H,12H2,1-4H3,(H,25,31)(H,24,27,30)/t14-,16-,18-,20?,22-,36-/m1/s1. The second-order valence-corrected chi connectivity index (χ2v) is 11.2. The molecule has 1 fully saturated rings. The molecule has 1 aliphatic rings. The van der Waals surface area contributed by atoms with Crippen molar-refractivity contribution < 1.29 is 33.0 Å². The van der Waals surface area contributed by atoms with Gasteiger partial charge in [-0.05, 0) is 39.8 Å². The van der Waals surface area contributed by atoms with Crippen LogP contribution in [0.3, 0.4) is 0 Å². The summed E-state index contributed by atoms with van der Waals surface area (Å²) in [5, 5.41) is 13.3. The molecule has 198 valence electrons. The van der Waals surface area contributed by atoms with Crippen molar-refractivity contribution in [2.75, 3.05) is 6.61 Å². The van der Waals surface area contributed by atoms with Gasteiger partial charge in [-0.2, -0.15) is 5.09 Å². The van der Waals surface area contributed by atoms with E-state index in [1.165, 1.54) is 20.0 Å². The Morgan fingerprint density at radius 2 is 1.94 bits per heavy atom. The Morgan fingerprint density at radius 3 is 2.56 bits per heavy atom. The number of esters is 1. The first kappa shape index (κ1) is 28.1. The monoisotopic (exact) mass is 545 g/mol. The largest absolute Gasteiger partial charge is 0.462 e. The van der Waals surface area contributed by atoms with E-state index in [9.17, 15) is 24.1 Å². The molecule has 12 nitrogen and oxygen atoms in total. The number of hydrogen-bond donors (Lipinski definition) is 3. The summed E-state index contributed by atoms with van der Waals surface area (Å²) >= 11 is 6.52. The smallest absolute Gasteiger partial charge is 0.459 e. The number of aromatic amines is 1. The lowest BCUT2D eigenvalue weighted by molar-refractivity contribution is -0.149. The van der Waals surface area contributed by atoms with Gasteiger partial charge < -0.3 is 19.1 Å². The minimum atomic E-state index is -4.22. The zero-order valence-corrected chi connectivity index (χ0v) is 21.8. The number of nitrogens with one attached hydrogen (secondary N) is 2. The molecule has 0 radical (unpaired) electrons. The van der Waals surface area contributed by atoms with Crippen LogP contribution in [0, 0.1) is 0 Å². The lowest BCUT2D eigenvalue weighted by Gasteiger charge is -2.26. The van der Waals surface area contributed by atoms with Crippen LogP contribution >= 0.6 is 19.3 Å². The van der Waals surface area contributed by atoms with Crippen molar-refractivity contribution in [3.63, 3.8) is 0 Å². The Bertz CT molecular complexity index is 1220. The number of aliphatic hydroxyl groups excluding tert-OH is 1. The Labute approximate surface area is 212 Å². The third-order valence-electron chi connectivity index (χ3n) is 5.26. The highest BCUT2D eigenvalue weighted by Crippen LogP contribution is 2.48. The molecule has 14 heteroatoms. The van der Waals surface area contributed by atoms with Gasteiger partial charge in [-0.15, -0.1) is 11.6 Å². The zero-order chi connectivity index (χ0) is 26.7. The van der Waals surface area contributed by atoms with Crippen LogP contribution in [0.2, 0.25) is 0 Å². The van der Waals surface area contributed by atoms with Crippen molar-refractivity contribution in [3.8, 4) is 5.75 Å². The average molecular weight is 546 g/mol. The number of nitrogens with zero attached hydrogens (tertiary/aromatic N) is 1. The molecule has 1 aliphatic heterocycles. The molecule has 6 atom stereocenters. The quantitative estimate of drug-likeness (QED) is 0.229. The van der Waals surface area contributed by atoms with Crippen LogP contribution in [-0.4, -0.2) is 56.5 Å². The molecule has 0 aliphatic carbocycles. The van der Waals surface area contributed by atoms with Gasteiger partial charge in [0.1, 0.15) is 28.9 Å². The van der Waals surface area contributed by atoms with E-state index in [2.05, 4.69) is 10.1 Å². The van der Waals surface area contributed by atoms with E-state index in [0.29, 0.717) is 0 Å². The summed E-state index contributed by atoms with van der Waals surface area (Å²) in [7, 11) is -4.22. The number of halogens is 1. The minimum absolute atomic E-state index is 0.200. The van der Waals surface area contributed by atoms with Gasteiger partial charge >= 0.3 is 19.4 Å². The van der Waals surface area contributed by atoms with Crippen molar-refractivity contribution in [2.24, 2.45) is 0 Å². The molecule has 3 N–H and O–H groups in total. The predicted molar refractivity (Wildman–Crippen MR) is 130 cm³/mol. The number of aromatic nitrogens is 2. The van der Waals surface area contributed by atoms with Gasteiger partial charge in [-0.25, -0.2) is 9.36 Å². The van der Waals surface area contributed by atoms with Crippen LogP contribution < -0.4 is 20.9 Å². The molecule has 3 rings (SSSR count). The maximum absolute atomic E-state index is 13.6. The average Bonchev–Trinajstić information content (AvgIpc) is 3.01. The number of alkyl halides is 1. The van der Waals surface area contributed by atoms with Crippen molar-refractivity contribution in [1.82, 2.24) is 14.6 Å². The SMILES string of the molecule is CC(C)OC(=O)[C@@H](C)N[P@@](=O)(OC[C@H]1OC(n2ccc(=O)[nH]c2=O)[C@](C)(Cl)[C@@H]1O)Oc1ccccc1. The Balaban J connectivity index is 1.80. The number of ether oxygens (including phenoxy) is 2. The highest BCUT2D eigenvalue weighted by atomic mass is 35.5. The fraction of sp³-hybridized carbons (Fsp3) is 0.500. The zero-order valence-electron chi connectivity index (χ0n) is 20.1. The molecule has 0 spiro atoms. The number of aliphatic hydroxyl groups is 1. The predicted octanol–water partition coefficient (Wildman–Crippen LogP) is 1.93. The van der Waals surface area contributed by atoms with Gasteiger partial charge in [-0.1, -0.05) is 18.2 Å². The van der Waals surface area contributed by atoms with E-state index in [-0.39, 0.29) is 5.75 Å². The molecule has 1 saturated heterocycles. The van der Waals surface area contributed by atoms with Crippen molar-refractivity contribution in [1.29, 1.82) is 0 Å². The third-order valence-corrected chi connectivity index (χ3v) is 7.31. The molecule has 0 bridgehead atoms. The van der Waals surface area contributed by atoms with Gasteiger partial charge in [0.05, 0.1) is 12.7 Å². The van der Waals surface area contributed by atoms with Gasteiger partial charge in [0.15, 0.2) is 6.23 Å². The van der Waals surface area contributed by atoms with Gasteiger partial charge in [0.2, 0.25) is 0 Å². The second-order valence-electron chi connectivity index (χ2n) is 8.67. The molecule has 2 heterocycles. The van der Waals surface area contributed by atoms with E-state index in [0.717, 1.165) is 10.6 Å². The molecule has 1 unspecified atom stereocenters. The van der Waals surface area contributed by atoms with Crippen LogP contribution in [0.25, 0.3) is 0 Å². The fourth-order valence-electron chi connectivity index (χ4n) is 3.47. The summed E-state index contributed by atoms with van der Waals surface area (Å²) in [6.45, 7) is 5.75. The van der Waals surface area contributed by atoms with Crippen LogP contribution in [0.5, 0.6) is 5.75 Å². The van der Waals surface area contributed by atoms with Crippen LogP contribution in [0.1, 0.15) is 33.9 Å². The summed E-state index contributed by atoms with van der Waals surface area (Å²) in [5.74, 6) is -0.473. The minimum Gasteiger partial charge on any atom is -0.462 e. The summed E-state index contributed by atoms with van der Waals surface area (Å²) in [5.41, 5.74) is -1.40. The molecule has 1 aromatic heterocycles. The maximum atomic E-state index is 13.6. The first-order valence-electron chi connectivity index (χ1n) is 11.1. The number of hydrogen-bond acceptors (Lipinski definition) is 9. The molecule has 36 heavy (non-hydrogen) atoms. The Hall–Kier alpha value is -2.47. The molecule has 2 aromatic rings. The van der Waals surface area contributed by atoms with Crippen molar-refractivity contribution in [2.45, 2.75) is 63.2 Å².